The minimum absolute atomic E-state index is 0. The van der Waals surface area contributed by atoms with Crippen molar-refractivity contribution in [1.29, 1.82) is 0 Å². The summed E-state index contributed by atoms with van der Waals surface area (Å²) in [5.41, 5.74) is -0.285. The molecule has 1 aromatic heterocycles. The molecule has 0 fully saturated rings. The van der Waals surface area contributed by atoms with Gasteiger partial charge in [-0.15, -0.1) is 0 Å². The maximum absolute atomic E-state index is 12.1. The van der Waals surface area contributed by atoms with Crippen molar-refractivity contribution in [2.24, 2.45) is 0 Å². The van der Waals surface area contributed by atoms with E-state index >= 15 is 0 Å². The van der Waals surface area contributed by atoms with E-state index in [1.54, 1.807) is 0 Å². The third kappa shape index (κ3) is 2.26. The van der Waals surface area contributed by atoms with Crippen LogP contribution in [0, 0.1) is 16.1 Å². The highest BCUT2D eigenvalue weighted by atomic mass is 19.1. The van der Waals surface area contributed by atoms with Crippen LogP contribution in [-0.4, -0.2) is 9.91 Å². The topological polar surface area (TPSA) is 91.0 Å². The van der Waals surface area contributed by atoms with Crippen molar-refractivity contribution in [1.82, 2.24) is 11.1 Å². The lowest BCUT2D eigenvalue weighted by molar-refractivity contribution is -0.385. The summed E-state index contributed by atoms with van der Waals surface area (Å²) < 4.78 is 12.1. The zero-order chi connectivity index (χ0) is 7.56. The van der Waals surface area contributed by atoms with Gasteiger partial charge in [0.2, 0.25) is 5.95 Å². The van der Waals surface area contributed by atoms with Gasteiger partial charge in [-0.25, -0.2) is 4.98 Å². The highest BCUT2D eigenvalue weighted by molar-refractivity contribution is 5.25. The molecule has 3 N–H and O–H groups in total. The molecule has 0 radical (unpaired) electrons. The number of hydrogen-bond acceptors (Lipinski definition) is 4. The number of pyridine rings is 1. The Morgan fingerprint density at radius 2 is 2.27 bits per heavy atom. The van der Waals surface area contributed by atoms with Crippen LogP contribution in [0.15, 0.2) is 18.3 Å². The maximum atomic E-state index is 12.1. The summed E-state index contributed by atoms with van der Waals surface area (Å²) in [5.74, 6) is -0.839. The molecule has 1 heterocycles. The average Bonchev–Trinajstić information content (AvgIpc) is 1.88. The monoisotopic (exact) mass is 159 g/mol. The van der Waals surface area contributed by atoms with E-state index in [0.29, 0.717) is 0 Å². The normalized spacial score (nSPS) is 8.45. The molecule has 1 rings (SSSR count). The lowest BCUT2D eigenvalue weighted by Gasteiger charge is -1.87. The molecule has 0 unspecified atom stereocenters. The number of rotatable bonds is 1. The van der Waals surface area contributed by atoms with E-state index in [4.69, 9.17) is 0 Å². The van der Waals surface area contributed by atoms with Crippen molar-refractivity contribution in [3.8, 4) is 0 Å². The third-order valence-corrected chi connectivity index (χ3v) is 0.921. The van der Waals surface area contributed by atoms with Gasteiger partial charge in [-0.3, -0.25) is 10.1 Å². The number of halogens is 1. The zero-order valence-corrected chi connectivity index (χ0v) is 5.53. The SMILES string of the molecule is N.O=[N+]([O-])c1ccnc(F)c1. The Labute approximate surface area is 61.6 Å². The van der Waals surface area contributed by atoms with Gasteiger partial charge in [-0.1, -0.05) is 0 Å². The molecule has 0 spiro atoms. The van der Waals surface area contributed by atoms with Gasteiger partial charge in [0.05, 0.1) is 11.0 Å². The molecule has 0 aliphatic rings. The van der Waals surface area contributed by atoms with Crippen LogP contribution in [0.2, 0.25) is 0 Å². The van der Waals surface area contributed by atoms with Crippen LogP contribution in [0.25, 0.3) is 0 Å². The zero-order valence-electron chi connectivity index (χ0n) is 5.53. The standard InChI is InChI=1S/C5H3FN2O2.H3N/c6-5-3-4(8(9)10)1-2-7-5;/h1-3H;1H3. The third-order valence-electron chi connectivity index (χ3n) is 0.921. The Bertz CT molecular complexity index is 266. The van der Waals surface area contributed by atoms with E-state index in [1.165, 1.54) is 0 Å². The summed E-state index contributed by atoms with van der Waals surface area (Å²) in [4.78, 5) is 12.4. The Kier molecular flexibility index (Phi) is 3.06. The molecule has 0 aromatic carbocycles. The highest BCUT2D eigenvalue weighted by Crippen LogP contribution is 2.08. The summed E-state index contributed by atoms with van der Waals surface area (Å²) in [7, 11) is 0. The van der Waals surface area contributed by atoms with Crippen molar-refractivity contribution in [2.45, 2.75) is 0 Å². The van der Waals surface area contributed by atoms with Crippen LogP contribution in [0.3, 0.4) is 0 Å². The molecular weight excluding hydrogens is 153 g/mol. The predicted octanol–water partition coefficient (Wildman–Crippen LogP) is 1.29. The molecule has 6 heteroatoms. The van der Waals surface area contributed by atoms with Crippen molar-refractivity contribution in [3.05, 3.63) is 34.4 Å². The Morgan fingerprint density at radius 3 is 2.64 bits per heavy atom. The van der Waals surface area contributed by atoms with Gasteiger partial charge >= 0.3 is 0 Å². The minimum Gasteiger partial charge on any atom is -0.344 e. The highest BCUT2D eigenvalue weighted by Gasteiger charge is 2.04. The molecule has 0 saturated carbocycles. The molecule has 0 aliphatic heterocycles. The Hall–Kier alpha value is -1.56. The molecule has 5 nitrogen and oxygen atoms in total. The fourth-order valence-corrected chi connectivity index (χ4v) is 0.506. The van der Waals surface area contributed by atoms with E-state index in [1.807, 2.05) is 0 Å². The number of nitro groups is 1. The van der Waals surface area contributed by atoms with Crippen molar-refractivity contribution >= 4 is 5.69 Å². The molecule has 0 aliphatic carbocycles. The van der Waals surface area contributed by atoms with E-state index in [2.05, 4.69) is 4.98 Å². The van der Waals surface area contributed by atoms with Crippen LogP contribution in [0.5, 0.6) is 0 Å². The summed E-state index contributed by atoms with van der Waals surface area (Å²) >= 11 is 0. The first kappa shape index (κ1) is 9.44. The molecule has 60 valence electrons. The van der Waals surface area contributed by atoms with Gasteiger partial charge in [-0.2, -0.15) is 4.39 Å². The lowest BCUT2D eigenvalue weighted by atomic mass is 10.4. The second kappa shape index (κ2) is 3.57. The van der Waals surface area contributed by atoms with Crippen molar-refractivity contribution in [2.75, 3.05) is 0 Å². The fourth-order valence-electron chi connectivity index (χ4n) is 0.506. The fraction of sp³-hybridized carbons (Fsp3) is 0. The van der Waals surface area contributed by atoms with Gasteiger partial charge in [-0.05, 0) is 0 Å². The van der Waals surface area contributed by atoms with Gasteiger partial charge < -0.3 is 6.15 Å². The molecule has 0 bridgehead atoms. The van der Waals surface area contributed by atoms with E-state index < -0.39 is 10.9 Å². The Balaban J connectivity index is 0.000001000. The van der Waals surface area contributed by atoms with Gasteiger partial charge in [0.15, 0.2) is 0 Å². The maximum Gasteiger partial charge on any atom is 0.275 e. The molecule has 1 aromatic rings. The number of nitrogens with zero attached hydrogens (tertiary/aromatic N) is 2. The second-order valence-corrected chi connectivity index (χ2v) is 1.59. The first-order valence-corrected chi connectivity index (χ1v) is 2.46. The van der Waals surface area contributed by atoms with Crippen molar-refractivity contribution < 1.29 is 9.31 Å². The molecule has 0 amide bonds. The summed E-state index contributed by atoms with van der Waals surface area (Å²) in [5, 5.41) is 9.96. The van der Waals surface area contributed by atoms with E-state index in [9.17, 15) is 14.5 Å². The van der Waals surface area contributed by atoms with Crippen LogP contribution in [-0.2, 0) is 0 Å². The smallest absolute Gasteiger partial charge is 0.275 e. The van der Waals surface area contributed by atoms with E-state index in [0.717, 1.165) is 18.3 Å². The lowest BCUT2D eigenvalue weighted by Crippen LogP contribution is -1.89. The van der Waals surface area contributed by atoms with Crippen LogP contribution in [0.4, 0.5) is 10.1 Å². The quantitative estimate of drug-likeness (QED) is 0.379. The summed E-state index contributed by atoms with van der Waals surface area (Å²) in [6.45, 7) is 0. The summed E-state index contributed by atoms with van der Waals surface area (Å²) in [6.07, 6.45) is 1.05. The number of aromatic nitrogens is 1. The summed E-state index contributed by atoms with van der Waals surface area (Å²) in [6, 6.07) is 1.89. The molecular formula is C5H6FN3O2. The van der Waals surface area contributed by atoms with Crippen LogP contribution >= 0.6 is 0 Å². The van der Waals surface area contributed by atoms with E-state index in [-0.39, 0.29) is 11.8 Å². The predicted molar refractivity (Wildman–Crippen MR) is 35.9 cm³/mol. The average molecular weight is 159 g/mol. The molecule has 0 atom stereocenters. The van der Waals surface area contributed by atoms with Gasteiger partial charge in [0, 0.05) is 12.3 Å². The van der Waals surface area contributed by atoms with Crippen LogP contribution in [0.1, 0.15) is 0 Å². The minimum atomic E-state index is -0.839. The molecule has 0 saturated heterocycles. The first-order valence-electron chi connectivity index (χ1n) is 2.46. The number of hydrogen-bond donors (Lipinski definition) is 1. The van der Waals surface area contributed by atoms with Crippen molar-refractivity contribution in [3.63, 3.8) is 0 Å². The first-order chi connectivity index (χ1) is 4.70. The molecule has 11 heavy (non-hydrogen) atoms. The van der Waals surface area contributed by atoms with Gasteiger partial charge in [0.25, 0.3) is 5.69 Å². The Morgan fingerprint density at radius 1 is 1.64 bits per heavy atom. The van der Waals surface area contributed by atoms with Gasteiger partial charge in [0.1, 0.15) is 0 Å². The van der Waals surface area contributed by atoms with Crippen LogP contribution < -0.4 is 6.15 Å². The largest absolute Gasteiger partial charge is 0.344 e. The second-order valence-electron chi connectivity index (χ2n) is 1.59.